The van der Waals surface area contributed by atoms with E-state index < -0.39 is 11.9 Å². The van der Waals surface area contributed by atoms with Crippen LogP contribution in [0.3, 0.4) is 0 Å². The predicted octanol–water partition coefficient (Wildman–Crippen LogP) is 5.95. The van der Waals surface area contributed by atoms with Gasteiger partial charge >= 0.3 is 0 Å². The van der Waals surface area contributed by atoms with Gasteiger partial charge in [-0.25, -0.2) is 4.68 Å². The smallest absolute Gasteiger partial charge is 0.248 e. The number of methoxy groups -OCH3 is 1. The summed E-state index contributed by atoms with van der Waals surface area (Å²) in [5, 5.41) is 9.14. The number of carbonyl (C=O) groups is 1. The van der Waals surface area contributed by atoms with Crippen molar-refractivity contribution >= 4 is 51.1 Å². The molecule has 190 valence electrons. The fourth-order valence-electron chi connectivity index (χ4n) is 3.93. The number of fused-ring (bicyclic) bond motifs is 1. The van der Waals surface area contributed by atoms with E-state index in [1.165, 1.54) is 0 Å². The van der Waals surface area contributed by atoms with Gasteiger partial charge in [0.2, 0.25) is 17.0 Å². The molecule has 3 aromatic rings. The third-order valence-corrected chi connectivity index (χ3v) is 7.61. The van der Waals surface area contributed by atoms with Crippen molar-refractivity contribution in [2.24, 2.45) is 5.73 Å². The van der Waals surface area contributed by atoms with Crippen LogP contribution < -0.4 is 20.5 Å². The van der Waals surface area contributed by atoms with Gasteiger partial charge in [0.25, 0.3) is 0 Å². The average Bonchev–Trinajstić information content (AvgIpc) is 3.25. The van der Waals surface area contributed by atoms with Crippen LogP contribution >= 0.6 is 39.3 Å². The number of carbonyl (C=O) groups excluding carboxylic acids is 1. The SMILES string of the molecule is CCCCSc1nc2n(n1)C(c1cc(Br)c(OCc3ccccc3Cl)c(OC)c1)C(C(N)=O)=C(C)N2. The Balaban J connectivity index is 1.72. The molecule has 11 heteroatoms. The first kappa shape index (κ1) is 26.4. The molecular weight excluding hydrogens is 566 g/mol. The lowest BCUT2D eigenvalue weighted by Gasteiger charge is -2.28. The van der Waals surface area contributed by atoms with E-state index >= 15 is 0 Å². The van der Waals surface area contributed by atoms with Gasteiger partial charge < -0.3 is 20.5 Å². The molecule has 8 nitrogen and oxygen atoms in total. The monoisotopic (exact) mass is 591 g/mol. The van der Waals surface area contributed by atoms with E-state index in [-0.39, 0.29) is 6.61 Å². The predicted molar refractivity (Wildman–Crippen MR) is 146 cm³/mol. The molecular formula is C25H27BrClN5O3S. The summed E-state index contributed by atoms with van der Waals surface area (Å²) in [7, 11) is 1.57. The van der Waals surface area contributed by atoms with Crippen molar-refractivity contribution in [3.8, 4) is 11.5 Å². The molecule has 0 saturated carbocycles. The molecule has 0 bridgehead atoms. The summed E-state index contributed by atoms with van der Waals surface area (Å²) in [4.78, 5) is 17.2. The van der Waals surface area contributed by atoms with Crippen LogP contribution in [0.2, 0.25) is 5.02 Å². The molecule has 3 N–H and O–H groups in total. The Morgan fingerprint density at radius 3 is 2.81 bits per heavy atom. The summed E-state index contributed by atoms with van der Waals surface area (Å²) in [5.74, 6) is 1.93. The maximum Gasteiger partial charge on any atom is 0.248 e. The summed E-state index contributed by atoms with van der Waals surface area (Å²) in [6, 6.07) is 10.6. The highest BCUT2D eigenvalue weighted by atomic mass is 79.9. The fourth-order valence-corrected chi connectivity index (χ4v) is 5.61. The number of hydrogen-bond donors (Lipinski definition) is 2. The van der Waals surface area contributed by atoms with Gasteiger partial charge in [0.05, 0.1) is 17.2 Å². The van der Waals surface area contributed by atoms with Gasteiger partial charge in [0.1, 0.15) is 12.6 Å². The summed E-state index contributed by atoms with van der Waals surface area (Å²) in [6.07, 6.45) is 2.15. The lowest BCUT2D eigenvalue weighted by molar-refractivity contribution is -0.115. The average molecular weight is 593 g/mol. The number of halogens is 2. The van der Waals surface area contributed by atoms with Crippen molar-refractivity contribution in [2.75, 3.05) is 18.2 Å². The molecule has 1 aliphatic rings. The van der Waals surface area contributed by atoms with Gasteiger partial charge in [-0.05, 0) is 53.0 Å². The zero-order chi connectivity index (χ0) is 25.8. The zero-order valence-corrected chi connectivity index (χ0v) is 23.3. The number of rotatable bonds is 10. The Hall–Kier alpha value is -2.69. The second kappa shape index (κ2) is 11.6. The third kappa shape index (κ3) is 5.50. The molecule has 0 spiro atoms. The minimum Gasteiger partial charge on any atom is -0.493 e. The number of nitrogens with one attached hydrogen (secondary N) is 1. The first-order valence-electron chi connectivity index (χ1n) is 11.4. The number of aromatic nitrogens is 3. The maximum absolute atomic E-state index is 12.6. The van der Waals surface area contributed by atoms with Crippen LogP contribution in [-0.2, 0) is 11.4 Å². The van der Waals surface area contributed by atoms with Gasteiger partial charge in [-0.1, -0.05) is 54.9 Å². The highest BCUT2D eigenvalue weighted by molar-refractivity contribution is 9.10. The number of amides is 1. The van der Waals surface area contributed by atoms with Gasteiger partial charge in [-0.3, -0.25) is 4.79 Å². The molecule has 1 aliphatic heterocycles. The fraction of sp³-hybridized carbons (Fsp3) is 0.320. The second-order valence-electron chi connectivity index (χ2n) is 8.21. The van der Waals surface area contributed by atoms with E-state index in [0.717, 1.165) is 29.7 Å². The summed E-state index contributed by atoms with van der Waals surface area (Å²) in [6.45, 7) is 4.21. The summed E-state index contributed by atoms with van der Waals surface area (Å²) >= 11 is 11.5. The molecule has 0 fully saturated rings. The minimum absolute atomic E-state index is 0.262. The van der Waals surface area contributed by atoms with E-state index in [4.69, 9.17) is 31.9 Å². The van der Waals surface area contributed by atoms with Crippen LogP contribution in [0.5, 0.6) is 11.5 Å². The number of unbranched alkanes of at least 4 members (excludes halogenated alkanes) is 1. The number of allylic oxidation sites excluding steroid dienone is 1. The first-order valence-corrected chi connectivity index (χ1v) is 13.6. The molecule has 36 heavy (non-hydrogen) atoms. The van der Waals surface area contributed by atoms with Crippen LogP contribution in [-0.4, -0.2) is 33.5 Å². The van der Waals surface area contributed by atoms with Gasteiger partial charge in [-0.2, -0.15) is 4.98 Å². The molecule has 4 rings (SSSR count). The van der Waals surface area contributed by atoms with Crippen LogP contribution in [0.15, 0.2) is 57.3 Å². The van der Waals surface area contributed by atoms with Crippen LogP contribution in [0.1, 0.15) is 43.9 Å². The molecule has 0 radical (unpaired) electrons. The Morgan fingerprint density at radius 2 is 2.11 bits per heavy atom. The Bertz CT molecular complexity index is 1310. The topological polar surface area (TPSA) is 104 Å². The van der Waals surface area contributed by atoms with E-state index in [0.29, 0.717) is 43.4 Å². The molecule has 1 unspecified atom stereocenters. The van der Waals surface area contributed by atoms with Crippen molar-refractivity contribution in [1.29, 1.82) is 0 Å². The summed E-state index contributed by atoms with van der Waals surface area (Å²) < 4.78 is 14.1. The summed E-state index contributed by atoms with van der Waals surface area (Å²) in [5.41, 5.74) is 8.46. The Labute approximate surface area is 227 Å². The molecule has 2 aromatic carbocycles. The number of hydrogen-bond acceptors (Lipinski definition) is 7. The number of anilines is 1. The lowest BCUT2D eigenvalue weighted by Crippen LogP contribution is -2.31. The number of benzene rings is 2. The van der Waals surface area contributed by atoms with Crippen LogP contribution in [0.4, 0.5) is 5.95 Å². The quantitative estimate of drug-likeness (QED) is 0.221. The number of thioether (sulfide) groups is 1. The zero-order valence-electron chi connectivity index (χ0n) is 20.2. The molecule has 1 atom stereocenters. The largest absolute Gasteiger partial charge is 0.493 e. The van der Waals surface area contributed by atoms with E-state index in [1.54, 1.807) is 23.6 Å². The normalized spacial score (nSPS) is 14.9. The van der Waals surface area contributed by atoms with Gasteiger partial charge in [0.15, 0.2) is 11.5 Å². The van der Waals surface area contributed by atoms with Crippen molar-refractivity contribution in [3.63, 3.8) is 0 Å². The second-order valence-corrected chi connectivity index (χ2v) is 10.5. The molecule has 1 amide bonds. The van der Waals surface area contributed by atoms with Crippen molar-refractivity contribution < 1.29 is 14.3 Å². The van der Waals surface area contributed by atoms with Crippen LogP contribution in [0.25, 0.3) is 0 Å². The molecule has 0 aliphatic carbocycles. The van der Waals surface area contributed by atoms with Crippen molar-refractivity contribution in [1.82, 2.24) is 14.8 Å². The first-order chi connectivity index (χ1) is 17.3. The van der Waals surface area contributed by atoms with Crippen molar-refractivity contribution in [3.05, 3.63) is 68.3 Å². The Kier molecular flexibility index (Phi) is 8.48. The van der Waals surface area contributed by atoms with Gasteiger partial charge in [0, 0.05) is 22.0 Å². The van der Waals surface area contributed by atoms with E-state index in [2.05, 4.69) is 33.2 Å². The van der Waals surface area contributed by atoms with E-state index in [9.17, 15) is 4.79 Å². The maximum atomic E-state index is 12.6. The molecule has 2 heterocycles. The lowest BCUT2D eigenvalue weighted by atomic mass is 9.95. The Morgan fingerprint density at radius 1 is 1.33 bits per heavy atom. The highest BCUT2D eigenvalue weighted by Crippen LogP contribution is 2.43. The standard InChI is InChI=1S/C25H27BrClN5O3S/c1-4-5-10-36-25-30-24-29-14(2)20(23(28)33)21(32(24)31-25)16-11-17(26)22(19(12-16)34-3)35-13-15-8-6-7-9-18(15)27/h6-9,11-12,21H,4-5,10,13H2,1-3H3,(H2,28,33)(H,29,30,31). The number of nitrogens with two attached hydrogens (primary N) is 1. The van der Waals surface area contributed by atoms with E-state index in [1.807, 2.05) is 43.3 Å². The third-order valence-electron chi connectivity index (χ3n) is 5.73. The molecule has 1 aromatic heterocycles. The highest BCUT2D eigenvalue weighted by Gasteiger charge is 2.34. The van der Waals surface area contributed by atoms with Gasteiger partial charge in [-0.15, -0.1) is 5.10 Å². The number of ether oxygens (including phenoxy) is 2. The van der Waals surface area contributed by atoms with Crippen LogP contribution in [0, 0.1) is 0 Å². The van der Waals surface area contributed by atoms with Crippen molar-refractivity contribution in [2.45, 2.75) is 44.5 Å². The number of primary amides is 1. The number of nitrogens with zero attached hydrogens (tertiary/aromatic N) is 3. The molecule has 0 saturated heterocycles. The minimum atomic E-state index is -0.588.